The van der Waals surface area contributed by atoms with Crippen molar-refractivity contribution in [2.75, 3.05) is 6.61 Å². The summed E-state index contributed by atoms with van der Waals surface area (Å²) in [5.41, 5.74) is 0. The molecule has 0 aromatic rings. The van der Waals surface area contributed by atoms with E-state index < -0.39 is 12.1 Å². The fourth-order valence-corrected chi connectivity index (χ4v) is 2.66. The minimum absolute atomic E-state index is 0.298. The fraction of sp³-hybridized carbons (Fsp3) is 0.938. The van der Waals surface area contributed by atoms with Gasteiger partial charge >= 0.3 is 5.97 Å². The van der Waals surface area contributed by atoms with E-state index in [-0.39, 0.29) is 0 Å². The van der Waals surface area contributed by atoms with Crippen molar-refractivity contribution in [3.05, 3.63) is 0 Å². The molecule has 0 amide bonds. The van der Waals surface area contributed by atoms with Crippen molar-refractivity contribution in [2.24, 2.45) is 0 Å². The fourth-order valence-electron chi connectivity index (χ4n) is 2.66. The van der Waals surface area contributed by atoms with E-state index in [1.165, 1.54) is 12.8 Å². The lowest BCUT2D eigenvalue weighted by Crippen LogP contribution is -2.18. The van der Waals surface area contributed by atoms with Gasteiger partial charge in [0.2, 0.25) is 0 Å². The molecule has 0 bridgehead atoms. The highest BCUT2D eigenvalue weighted by atomic mass is 16.6. The summed E-state index contributed by atoms with van der Waals surface area (Å²) >= 11 is 0. The Morgan fingerprint density at radius 2 is 1.43 bits per heavy atom. The number of aliphatic carboxylic acids is 1. The molecule has 1 aliphatic heterocycles. The van der Waals surface area contributed by atoms with Crippen LogP contribution < -0.4 is 0 Å². The Balaban J connectivity index is 1.82. The molecule has 3 N–H and O–H groups in total. The second-order valence-corrected chi connectivity index (χ2v) is 5.99. The van der Waals surface area contributed by atoms with Gasteiger partial charge in [-0.25, -0.2) is 4.79 Å². The van der Waals surface area contributed by atoms with Crippen molar-refractivity contribution < 1.29 is 24.9 Å². The highest BCUT2D eigenvalue weighted by Gasteiger charge is 2.36. The van der Waals surface area contributed by atoms with Gasteiger partial charge in [-0.15, -0.1) is 0 Å². The van der Waals surface area contributed by atoms with Crippen molar-refractivity contribution in [3.8, 4) is 0 Å². The first-order chi connectivity index (χ1) is 10.1. The molecule has 0 spiro atoms. The van der Waals surface area contributed by atoms with E-state index in [4.69, 9.17) is 20.1 Å². The molecule has 0 aromatic carbocycles. The number of carboxylic acid groups (broad SMARTS) is 1. The summed E-state index contributed by atoms with van der Waals surface area (Å²) in [4.78, 5) is 10.4. The van der Waals surface area contributed by atoms with Gasteiger partial charge in [0.05, 0.1) is 12.2 Å². The number of aliphatic hydroxyl groups excluding tert-OH is 2. The molecule has 5 nitrogen and oxygen atoms in total. The third-order valence-corrected chi connectivity index (χ3v) is 4.09. The van der Waals surface area contributed by atoms with Crippen LogP contribution in [0.25, 0.3) is 0 Å². The highest BCUT2D eigenvalue weighted by Crippen LogP contribution is 2.31. The second-order valence-electron chi connectivity index (χ2n) is 5.99. The topological polar surface area (TPSA) is 90.3 Å². The van der Waals surface area contributed by atoms with Crippen molar-refractivity contribution >= 4 is 5.97 Å². The number of carbonyl (C=O) groups is 1. The predicted octanol–water partition coefficient (Wildman–Crippen LogP) is 2.48. The molecule has 5 heteroatoms. The summed E-state index contributed by atoms with van der Waals surface area (Å²) < 4.78 is 5.63. The largest absolute Gasteiger partial charge is 0.479 e. The van der Waals surface area contributed by atoms with Crippen molar-refractivity contribution in [3.63, 3.8) is 0 Å². The summed E-state index contributed by atoms with van der Waals surface area (Å²) in [5, 5.41) is 26.3. The van der Waals surface area contributed by atoms with Crippen LogP contribution in [-0.4, -0.2) is 46.2 Å². The Morgan fingerprint density at radius 3 is 1.95 bits per heavy atom. The summed E-state index contributed by atoms with van der Waals surface area (Å²) in [5.74, 6) is -1.12. The van der Waals surface area contributed by atoms with Crippen LogP contribution in [0, 0.1) is 0 Å². The van der Waals surface area contributed by atoms with Gasteiger partial charge in [0.1, 0.15) is 0 Å². The zero-order valence-electron chi connectivity index (χ0n) is 12.9. The molecular weight excluding hydrogens is 272 g/mol. The monoisotopic (exact) mass is 302 g/mol. The van der Waals surface area contributed by atoms with Crippen LogP contribution in [0.4, 0.5) is 0 Å². The maximum Gasteiger partial charge on any atom is 0.332 e. The average Bonchev–Trinajstić information content (AvgIpc) is 3.20. The smallest absolute Gasteiger partial charge is 0.332 e. The summed E-state index contributed by atoms with van der Waals surface area (Å²) in [7, 11) is 0. The summed E-state index contributed by atoms with van der Waals surface area (Å²) in [6.07, 6.45) is 10.6. The van der Waals surface area contributed by atoms with Gasteiger partial charge < -0.3 is 20.1 Å². The lowest BCUT2D eigenvalue weighted by atomic mass is 10.0. The molecular formula is C16H30O5. The molecule has 1 aliphatic rings. The van der Waals surface area contributed by atoms with E-state index >= 15 is 0 Å². The first-order valence-electron chi connectivity index (χ1n) is 8.32. The van der Waals surface area contributed by atoms with E-state index in [0.717, 1.165) is 51.4 Å². The SMILES string of the molecule is O=C(O)C(O)CCCCCCC1OC1CCCCCCO. The van der Waals surface area contributed by atoms with Gasteiger partial charge in [-0.2, -0.15) is 0 Å². The Labute approximate surface area is 127 Å². The maximum atomic E-state index is 10.4. The number of epoxide rings is 1. The van der Waals surface area contributed by atoms with Gasteiger partial charge in [-0.3, -0.25) is 0 Å². The molecule has 21 heavy (non-hydrogen) atoms. The molecule has 0 saturated carbocycles. The molecule has 1 rings (SSSR count). The van der Waals surface area contributed by atoms with E-state index in [1.807, 2.05) is 0 Å². The second kappa shape index (κ2) is 11.0. The zero-order valence-corrected chi connectivity index (χ0v) is 12.9. The third-order valence-electron chi connectivity index (χ3n) is 4.09. The molecule has 1 saturated heterocycles. The van der Waals surface area contributed by atoms with E-state index in [0.29, 0.717) is 25.2 Å². The molecule has 3 unspecified atom stereocenters. The maximum absolute atomic E-state index is 10.4. The van der Waals surface area contributed by atoms with Gasteiger partial charge in [0.25, 0.3) is 0 Å². The van der Waals surface area contributed by atoms with Crippen LogP contribution in [-0.2, 0) is 9.53 Å². The van der Waals surface area contributed by atoms with Crippen LogP contribution in [0.1, 0.15) is 70.6 Å². The van der Waals surface area contributed by atoms with E-state index in [2.05, 4.69) is 0 Å². The number of carboxylic acids is 1. The lowest BCUT2D eigenvalue weighted by molar-refractivity contribution is -0.146. The standard InChI is InChI=1S/C16H30O5/c17-12-8-4-3-7-11-15-14(21-15)10-6-2-1-5-9-13(18)16(19)20/h13-15,17-18H,1-12H2,(H,19,20). The van der Waals surface area contributed by atoms with Crippen molar-refractivity contribution in [1.29, 1.82) is 0 Å². The van der Waals surface area contributed by atoms with Crippen LogP contribution in [0.2, 0.25) is 0 Å². The van der Waals surface area contributed by atoms with Gasteiger partial charge in [0, 0.05) is 6.61 Å². The van der Waals surface area contributed by atoms with Gasteiger partial charge in [-0.05, 0) is 25.7 Å². The Morgan fingerprint density at radius 1 is 0.905 bits per heavy atom. The number of rotatable bonds is 14. The minimum atomic E-state index is -1.20. The highest BCUT2D eigenvalue weighted by molar-refractivity contribution is 5.71. The first kappa shape index (κ1) is 18.4. The number of hydrogen-bond acceptors (Lipinski definition) is 4. The van der Waals surface area contributed by atoms with Crippen molar-refractivity contribution in [2.45, 2.75) is 88.9 Å². The van der Waals surface area contributed by atoms with Crippen molar-refractivity contribution in [1.82, 2.24) is 0 Å². The Hall–Kier alpha value is -0.650. The first-order valence-corrected chi connectivity index (χ1v) is 8.32. The predicted molar refractivity (Wildman–Crippen MR) is 80.2 cm³/mol. The molecule has 0 aromatic heterocycles. The van der Waals surface area contributed by atoms with Crippen LogP contribution in [0.3, 0.4) is 0 Å². The van der Waals surface area contributed by atoms with Gasteiger partial charge in [-0.1, -0.05) is 44.9 Å². The zero-order chi connectivity index (χ0) is 15.5. The third kappa shape index (κ3) is 9.06. The number of hydrogen-bond donors (Lipinski definition) is 3. The molecule has 1 heterocycles. The molecule has 1 fully saturated rings. The van der Waals surface area contributed by atoms with E-state index in [1.54, 1.807) is 0 Å². The summed E-state index contributed by atoms with van der Waals surface area (Å²) in [6.45, 7) is 0.298. The number of aliphatic hydroxyl groups is 2. The average molecular weight is 302 g/mol. The molecule has 0 radical (unpaired) electrons. The lowest BCUT2D eigenvalue weighted by Gasteiger charge is -2.04. The van der Waals surface area contributed by atoms with Crippen LogP contribution in [0.5, 0.6) is 0 Å². The summed E-state index contributed by atoms with van der Waals surface area (Å²) in [6, 6.07) is 0. The van der Waals surface area contributed by atoms with E-state index in [9.17, 15) is 4.79 Å². The van der Waals surface area contributed by atoms with Crippen LogP contribution >= 0.6 is 0 Å². The van der Waals surface area contributed by atoms with Crippen LogP contribution in [0.15, 0.2) is 0 Å². The Kier molecular flexibility index (Phi) is 9.63. The minimum Gasteiger partial charge on any atom is -0.479 e. The Bertz CT molecular complexity index is 282. The van der Waals surface area contributed by atoms with Gasteiger partial charge in [0.15, 0.2) is 6.10 Å². The molecule has 0 aliphatic carbocycles. The normalized spacial score (nSPS) is 22.2. The molecule has 3 atom stereocenters. The quantitative estimate of drug-likeness (QED) is 0.339. The molecule has 124 valence electrons. The number of unbranched alkanes of at least 4 members (excludes halogenated alkanes) is 6. The number of ether oxygens (including phenoxy) is 1.